The standard InChI is InChI=1S/C14H18BrN3O2.ClH/c15-11-3-5-12(6-4-11)18-13(19)9-17-14(20)10-2-1-7-16-8-10;/h3-6,10,16H,1-2,7-9H2,(H,17,20)(H,18,19);1H. The number of hydrogen-bond acceptors (Lipinski definition) is 3. The average molecular weight is 377 g/mol. The van der Waals surface area contributed by atoms with Crippen molar-refractivity contribution in [2.75, 3.05) is 25.0 Å². The van der Waals surface area contributed by atoms with E-state index < -0.39 is 0 Å². The summed E-state index contributed by atoms with van der Waals surface area (Å²) >= 11 is 3.33. The Balaban J connectivity index is 0.00000220. The molecule has 0 aromatic heterocycles. The number of rotatable bonds is 4. The zero-order valence-corrected chi connectivity index (χ0v) is 13.9. The highest BCUT2D eigenvalue weighted by Crippen LogP contribution is 2.14. The third-order valence-electron chi connectivity index (χ3n) is 3.22. The van der Waals surface area contributed by atoms with Gasteiger partial charge in [-0.15, -0.1) is 12.4 Å². The Morgan fingerprint density at radius 2 is 2.00 bits per heavy atom. The molecule has 3 N–H and O–H groups in total. The summed E-state index contributed by atoms with van der Waals surface area (Å²) in [7, 11) is 0. The lowest BCUT2D eigenvalue weighted by Crippen LogP contribution is -2.42. The summed E-state index contributed by atoms with van der Waals surface area (Å²) in [5.41, 5.74) is 0.715. The van der Waals surface area contributed by atoms with Crippen LogP contribution in [0.25, 0.3) is 0 Å². The largest absolute Gasteiger partial charge is 0.347 e. The fourth-order valence-electron chi connectivity index (χ4n) is 2.13. The molecular formula is C14H19BrClN3O2. The lowest BCUT2D eigenvalue weighted by Gasteiger charge is -2.21. The van der Waals surface area contributed by atoms with E-state index in [2.05, 4.69) is 31.9 Å². The molecule has 1 aromatic carbocycles. The van der Waals surface area contributed by atoms with E-state index in [1.807, 2.05) is 12.1 Å². The Bertz CT molecular complexity index is 476. The molecular weight excluding hydrogens is 358 g/mol. The number of anilines is 1. The highest BCUT2D eigenvalue weighted by molar-refractivity contribution is 9.10. The van der Waals surface area contributed by atoms with Gasteiger partial charge in [0.1, 0.15) is 0 Å². The number of nitrogens with one attached hydrogen (secondary N) is 3. The number of hydrogen-bond donors (Lipinski definition) is 3. The molecule has 116 valence electrons. The molecule has 5 nitrogen and oxygen atoms in total. The zero-order chi connectivity index (χ0) is 14.4. The van der Waals surface area contributed by atoms with Gasteiger partial charge in [-0.3, -0.25) is 9.59 Å². The van der Waals surface area contributed by atoms with Crippen LogP contribution in [0.4, 0.5) is 5.69 Å². The van der Waals surface area contributed by atoms with Gasteiger partial charge in [-0.1, -0.05) is 15.9 Å². The first-order valence-electron chi connectivity index (χ1n) is 6.69. The first kappa shape index (κ1) is 17.9. The summed E-state index contributed by atoms with van der Waals surface area (Å²) in [6.07, 6.45) is 1.89. The summed E-state index contributed by atoms with van der Waals surface area (Å²) in [6.45, 7) is 1.67. The van der Waals surface area contributed by atoms with Crippen LogP contribution in [0.1, 0.15) is 12.8 Å². The van der Waals surface area contributed by atoms with Crippen molar-refractivity contribution in [3.63, 3.8) is 0 Å². The smallest absolute Gasteiger partial charge is 0.243 e. The maximum Gasteiger partial charge on any atom is 0.243 e. The maximum absolute atomic E-state index is 11.9. The van der Waals surface area contributed by atoms with Crippen LogP contribution < -0.4 is 16.0 Å². The van der Waals surface area contributed by atoms with Gasteiger partial charge in [0, 0.05) is 16.7 Å². The fraction of sp³-hybridized carbons (Fsp3) is 0.429. The Kier molecular flexibility index (Phi) is 7.71. The molecule has 0 saturated carbocycles. The minimum absolute atomic E-state index is 0. The second kappa shape index (κ2) is 9.02. The van der Waals surface area contributed by atoms with Crippen molar-refractivity contribution >= 4 is 45.8 Å². The Morgan fingerprint density at radius 3 is 2.62 bits per heavy atom. The van der Waals surface area contributed by atoms with Crippen LogP contribution in [0, 0.1) is 5.92 Å². The maximum atomic E-state index is 11.9. The molecule has 1 atom stereocenters. The third kappa shape index (κ3) is 6.03. The lowest BCUT2D eigenvalue weighted by molar-refractivity contribution is -0.127. The van der Waals surface area contributed by atoms with Crippen LogP contribution in [-0.4, -0.2) is 31.4 Å². The molecule has 1 aliphatic rings. The van der Waals surface area contributed by atoms with Crippen LogP contribution in [0.2, 0.25) is 0 Å². The summed E-state index contributed by atoms with van der Waals surface area (Å²) in [4.78, 5) is 23.6. The monoisotopic (exact) mass is 375 g/mol. The minimum Gasteiger partial charge on any atom is -0.347 e. The summed E-state index contributed by atoms with van der Waals surface area (Å²) in [6, 6.07) is 7.30. The number of halogens is 2. The molecule has 1 aromatic rings. The van der Waals surface area contributed by atoms with Crippen LogP contribution in [0.5, 0.6) is 0 Å². The molecule has 1 heterocycles. The number of piperidine rings is 1. The molecule has 21 heavy (non-hydrogen) atoms. The van der Waals surface area contributed by atoms with E-state index in [-0.39, 0.29) is 36.7 Å². The SMILES string of the molecule is Cl.O=C(CNC(=O)C1CCCNC1)Nc1ccc(Br)cc1. The van der Waals surface area contributed by atoms with Gasteiger partial charge >= 0.3 is 0 Å². The van der Waals surface area contributed by atoms with Crippen molar-refractivity contribution in [3.8, 4) is 0 Å². The number of amides is 2. The van der Waals surface area contributed by atoms with Gasteiger partial charge in [-0.25, -0.2) is 0 Å². The van der Waals surface area contributed by atoms with Gasteiger partial charge in [-0.05, 0) is 43.7 Å². The summed E-state index contributed by atoms with van der Waals surface area (Å²) < 4.78 is 0.952. The zero-order valence-electron chi connectivity index (χ0n) is 11.5. The Morgan fingerprint density at radius 1 is 1.29 bits per heavy atom. The Labute approximate surface area is 138 Å². The summed E-state index contributed by atoms with van der Waals surface area (Å²) in [5.74, 6) is -0.295. The van der Waals surface area contributed by atoms with Crippen LogP contribution >= 0.6 is 28.3 Å². The second-order valence-corrected chi connectivity index (χ2v) is 5.73. The van der Waals surface area contributed by atoms with Crippen molar-refractivity contribution < 1.29 is 9.59 Å². The fourth-order valence-corrected chi connectivity index (χ4v) is 2.39. The van der Waals surface area contributed by atoms with Crippen molar-refractivity contribution in [2.24, 2.45) is 5.92 Å². The van der Waals surface area contributed by atoms with Crippen LogP contribution in [-0.2, 0) is 9.59 Å². The van der Waals surface area contributed by atoms with E-state index in [9.17, 15) is 9.59 Å². The summed E-state index contributed by atoms with van der Waals surface area (Å²) in [5, 5.41) is 8.60. The van der Waals surface area contributed by atoms with Crippen molar-refractivity contribution in [1.29, 1.82) is 0 Å². The predicted molar refractivity (Wildman–Crippen MR) is 88.6 cm³/mol. The van der Waals surface area contributed by atoms with Gasteiger partial charge in [0.2, 0.25) is 11.8 Å². The molecule has 0 aliphatic carbocycles. The average Bonchev–Trinajstić information content (AvgIpc) is 2.48. The van der Waals surface area contributed by atoms with Crippen molar-refractivity contribution in [1.82, 2.24) is 10.6 Å². The van der Waals surface area contributed by atoms with E-state index in [1.54, 1.807) is 12.1 Å². The van der Waals surface area contributed by atoms with E-state index in [0.29, 0.717) is 12.2 Å². The van der Waals surface area contributed by atoms with Gasteiger partial charge in [0.15, 0.2) is 0 Å². The highest BCUT2D eigenvalue weighted by atomic mass is 79.9. The van der Waals surface area contributed by atoms with Gasteiger partial charge in [-0.2, -0.15) is 0 Å². The number of carbonyl (C=O) groups excluding carboxylic acids is 2. The minimum atomic E-state index is -0.218. The van der Waals surface area contributed by atoms with E-state index in [4.69, 9.17) is 0 Å². The molecule has 7 heteroatoms. The second-order valence-electron chi connectivity index (χ2n) is 4.82. The quantitative estimate of drug-likeness (QED) is 0.752. The third-order valence-corrected chi connectivity index (χ3v) is 3.75. The van der Waals surface area contributed by atoms with Crippen LogP contribution in [0.15, 0.2) is 28.7 Å². The number of carbonyl (C=O) groups is 2. The molecule has 2 amide bonds. The first-order chi connectivity index (χ1) is 9.65. The molecule has 1 fully saturated rings. The molecule has 1 aliphatic heterocycles. The molecule has 2 rings (SSSR count). The van der Waals surface area contributed by atoms with Gasteiger partial charge in [0.25, 0.3) is 0 Å². The van der Waals surface area contributed by atoms with Crippen molar-refractivity contribution in [3.05, 3.63) is 28.7 Å². The Hall–Kier alpha value is -1.11. The lowest BCUT2D eigenvalue weighted by atomic mass is 9.99. The van der Waals surface area contributed by atoms with Gasteiger partial charge < -0.3 is 16.0 Å². The molecule has 0 radical (unpaired) electrons. The number of benzene rings is 1. The van der Waals surface area contributed by atoms with E-state index in [0.717, 1.165) is 23.9 Å². The van der Waals surface area contributed by atoms with Gasteiger partial charge in [0.05, 0.1) is 12.5 Å². The van der Waals surface area contributed by atoms with E-state index >= 15 is 0 Å². The van der Waals surface area contributed by atoms with Crippen molar-refractivity contribution in [2.45, 2.75) is 12.8 Å². The van der Waals surface area contributed by atoms with Crippen LogP contribution in [0.3, 0.4) is 0 Å². The predicted octanol–water partition coefficient (Wildman–Crippen LogP) is 1.93. The molecule has 0 spiro atoms. The topological polar surface area (TPSA) is 70.2 Å². The molecule has 1 unspecified atom stereocenters. The highest BCUT2D eigenvalue weighted by Gasteiger charge is 2.20. The molecule has 0 bridgehead atoms. The first-order valence-corrected chi connectivity index (χ1v) is 7.48. The normalized spacial score (nSPS) is 17.5. The molecule has 1 saturated heterocycles. The van der Waals surface area contributed by atoms with E-state index in [1.165, 1.54) is 0 Å².